The van der Waals surface area contributed by atoms with Crippen LogP contribution in [0.2, 0.25) is 0 Å². The van der Waals surface area contributed by atoms with E-state index in [0.29, 0.717) is 12.1 Å². The second-order valence-corrected chi connectivity index (χ2v) is 4.47. The molecule has 0 aliphatic carbocycles. The second-order valence-electron chi connectivity index (χ2n) is 4.47. The molecule has 0 saturated carbocycles. The van der Waals surface area contributed by atoms with Gasteiger partial charge in [-0.25, -0.2) is 4.98 Å². The number of nitrogens with one attached hydrogen (secondary N) is 1. The minimum Gasteiger partial charge on any atom is -0.380 e. The zero-order valence-corrected chi connectivity index (χ0v) is 11.1. The molecule has 4 nitrogen and oxygen atoms in total. The lowest BCUT2D eigenvalue weighted by atomic mass is 10.1. The summed E-state index contributed by atoms with van der Waals surface area (Å²) >= 11 is 0. The van der Waals surface area contributed by atoms with Gasteiger partial charge in [-0.05, 0) is 29.8 Å². The molecule has 0 amide bonds. The van der Waals surface area contributed by atoms with Crippen molar-refractivity contribution < 1.29 is 0 Å². The molecule has 0 fully saturated rings. The zero-order chi connectivity index (χ0) is 13.7. The first-order valence-corrected chi connectivity index (χ1v) is 6.05. The molecule has 0 aliphatic heterocycles. The van der Waals surface area contributed by atoms with Crippen LogP contribution in [0.5, 0.6) is 0 Å². The molecular formula is C15H16N4. The van der Waals surface area contributed by atoms with Crippen LogP contribution in [0.25, 0.3) is 0 Å². The van der Waals surface area contributed by atoms with Gasteiger partial charge in [-0.15, -0.1) is 0 Å². The van der Waals surface area contributed by atoms with E-state index in [0.717, 1.165) is 17.1 Å². The van der Waals surface area contributed by atoms with Crippen molar-refractivity contribution in [3.05, 3.63) is 53.7 Å². The summed E-state index contributed by atoms with van der Waals surface area (Å²) in [5.41, 5.74) is 2.73. The molecule has 2 rings (SSSR count). The summed E-state index contributed by atoms with van der Waals surface area (Å²) < 4.78 is 0. The first kappa shape index (κ1) is 12.9. The molecule has 1 aromatic carbocycles. The number of nitrogens with zero attached hydrogens (tertiary/aromatic N) is 3. The van der Waals surface area contributed by atoms with E-state index < -0.39 is 0 Å². The number of benzene rings is 1. The highest BCUT2D eigenvalue weighted by Gasteiger charge is 1.99. The van der Waals surface area contributed by atoms with Gasteiger partial charge in [0.25, 0.3) is 0 Å². The van der Waals surface area contributed by atoms with Gasteiger partial charge >= 0.3 is 0 Å². The highest BCUT2D eigenvalue weighted by atomic mass is 15.1. The Labute approximate surface area is 113 Å². The number of hydrogen-bond acceptors (Lipinski definition) is 4. The predicted octanol–water partition coefficient (Wildman–Crippen LogP) is 2.63. The third kappa shape index (κ3) is 3.46. The summed E-state index contributed by atoms with van der Waals surface area (Å²) in [7, 11) is 3.92. The minimum absolute atomic E-state index is 0.679. The van der Waals surface area contributed by atoms with Crippen molar-refractivity contribution in [1.29, 1.82) is 5.26 Å². The van der Waals surface area contributed by atoms with Crippen molar-refractivity contribution in [1.82, 2.24) is 4.98 Å². The molecule has 4 heteroatoms. The zero-order valence-electron chi connectivity index (χ0n) is 11.1. The van der Waals surface area contributed by atoms with Crippen LogP contribution in [0, 0.1) is 11.3 Å². The molecule has 2 aromatic rings. The molecule has 0 bridgehead atoms. The summed E-state index contributed by atoms with van der Waals surface area (Å²) in [4.78, 5) is 6.29. The summed E-state index contributed by atoms with van der Waals surface area (Å²) in [5, 5.41) is 12.1. The Morgan fingerprint density at radius 3 is 2.74 bits per heavy atom. The van der Waals surface area contributed by atoms with E-state index in [4.69, 9.17) is 5.26 Å². The number of aromatic nitrogens is 1. The maximum absolute atomic E-state index is 8.84. The van der Waals surface area contributed by atoms with Gasteiger partial charge in [-0.2, -0.15) is 5.26 Å². The fourth-order valence-electron chi connectivity index (χ4n) is 1.71. The lowest BCUT2D eigenvalue weighted by Gasteiger charge is -2.12. The third-order valence-corrected chi connectivity index (χ3v) is 2.76. The van der Waals surface area contributed by atoms with Crippen LogP contribution in [-0.4, -0.2) is 19.1 Å². The Kier molecular flexibility index (Phi) is 3.99. The van der Waals surface area contributed by atoms with Crippen molar-refractivity contribution in [2.75, 3.05) is 24.3 Å². The van der Waals surface area contributed by atoms with Crippen LogP contribution < -0.4 is 10.2 Å². The maximum Gasteiger partial charge on any atom is 0.128 e. The average molecular weight is 252 g/mol. The lowest BCUT2D eigenvalue weighted by molar-refractivity contribution is 1.06. The number of rotatable bonds is 4. The minimum atomic E-state index is 0.679. The fourth-order valence-corrected chi connectivity index (χ4v) is 1.71. The number of nitriles is 1. The van der Waals surface area contributed by atoms with Crippen LogP contribution in [0.1, 0.15) is 11.1 Å². The Hall–Kier alpha value is -2.54. The number of hydrogen-bond donors (Lipinski definition) is 1. The second kappa shape index (κ2) is 5.87. The lowest BCUT2D eigenvalue weighted by Crippen LogP contribution is -2.10. The van der Waals surface area contributed by atoms with Gasteiger partial charge in [0.05, 0.1) is 23.5 Å². The molecular weight excluding hydrogens is 236 g/mol. The van der Waals surface area contributed by atoms with E-state index in [1.807, 2.05) is 55.5 Å². The standard InChI is InChI=1S/C15H16N4/c1-19(2)15-7-6-14(11-18-15)17-10-13-5-3-4-12(8-13)9-16/h3-8,11,17H,10H2,1-2H3. The van der Waals surface area contributed by atoms with Crippen LogP contribution in [0.15, 0.2) is 42.6 Å². The normalized spacial score (nSPS) is 9.74. The molecule has 0 spiro atoms. The largest absolute Gasteiger partial charge is 0.380 e. The van der Waals surface area contributed by atoms with Crippen molar-refractivity contribution in [2.45, 2.75) is 6.54 Å². The Morgan fingerprint density at radius 1 is 1.26 bits per heavy atom. The summed E-state index contributed by atoms with van der Waals surface area (Å²) in [6, 6.07) is 13.7. The van der Waals surface area contributed by atoms with Gasteiger partial charge in [-0.1, -0.05) is 12.1 Å². The Morgan fingerprint density at radius 2 is 2.11 bits per heavy atom. The van der Waals surface area contributed by atoms with Gasteiger partial charge in [0.2, 0.25) is 0 Å². The molecule has 1 aromatic heterocycles. The smallest absolute Gasteiger partial charge is 0.128 e. The highest BCUT2D eigenvalue weighted by molar-refractivity contribution is 5.48. The monoisotopic (exact) mass is 252 g/mol. The van der Waals surface area contributed by atoms with E-state index >= 15 is 0 Å². The van der Waals surface area contributed by atoms with Gasteiger partial charge in [0, 0.05) is 20.6 Å². The third-order valence-electron chi connectivity index (χ3n) is 2.76. The van der Waals surface area contributed by atoms with Crippen LogP contribution in [0.3, 0.4) is 0 Å². The molecule has 0 radical (unpaired) electrons. The SMILES string of the molecule is CN(C)c1ccc(NCc2cccc(C#N)c2)cn1. The van der Waals surface area contributed by atoms with Gasteiger partial charge in [-0.3, -0.25) is 0 Å². The summed E-state index contributed by atoms with van der Waals surface area (Å²) in [6.07, 6.45) is 1.81. The van der Waals surface area contributed by atoms with Crippen LogP contribution >= 0.6 is 0 Å². The molecule has 0 aliphatic rings. The Balaban J connectivity index is 2.00. The molecule has 0 unspecified atom stereocenters. The van der Waals surface area contributed by atoms with E-state index in [2.05, 4.69) is 16.4 Å². The average Bonchev–Trinajstić information content (AvgIpc) is 2.46. The van der Waals surface area contributed by atoms with E-state index in [-0.39, 0.29) is 0 Å². The molecule has 1 N–H and O–H groups in total. The quantitative estimate of drug-likeness (QED) is 0.908. The van der Waals surface area contributed by atoms with Crippen LogP contribution in [0.4, 0.5) is 11.5 Å². The van der Waals surface area contributed by atoms with Crippen molar-refractivity contribution in [2.24, 2.45) is 0 Å². The van der Waals surface area contributed by atoms with E-state index in [1.54, 1.807) is 6.07 Å². The van der Waals surface area contributed by atoms with E-state index in [9.17, 15) is 0 Å². The molecule has 0 saturated heterocycles. The fraction of sp³-hybridized carbons (Fsp3) is 0.200. The topological polar surface area (TPSA) is 52.0 Å². The van der Waals surface area contributed by atoms with Crippen LogP contribution in [-0.2, 0) is 6.54 Å². The molecule has 0 atom stereocenters. The first-order chi connectivity index (χ1) is 9.19. The van der Waals surface area contributed by atoms with Gasteiger partial charge in [0.1, 0.15) is 5.82 Å². The Bertz CT molecular complexity index is 582. The summed E-state index contributed by atoms with van der Waals surface area (Å²) in [5.74, 6) is 0.928. The number of pyridine rings is 1. The highest BCUT2D eigenvalue weighted by Crippen LogP contribution is 2.13. The van der Waals surface area contributed by atoms with E-state index in [1.165, 1.54) is 0 Å². The van der Waals surface area contributed by atoms with Crippen molar-refractivity contribution >= 4 is 11.5 Å². The van der Waals surface area contributed by atoms with Crippen molar-refractivity contribution in [3.8, 4) is 6.07 Å². The number of anilines is 2. The molecule has 1 heterocycles. The maximum atomic E-state index is 8.84. The molecule has 96 valence electrons. The molecule has 19 heavy (non-hydrogen) atoms. The predicted molar refractivity (Wildman–Crippen MR) is 77.0 cm³/mol. The first-order valence-electron chi connectivity index (χ1n) is 6.05. The van der Waals surface area contributed by atoms with Gasteiger partial charge < -0.3 is 10.2 Å². The summed E-state index contributed by atoms with van der Waals surface area (Å²) in [6.45, 7) is 0.679. The van der Waals surface area contributed by atoms with Crippen molar-refractivity contribution in [3.63, 3.8) is 0 Å². The van der Waals surface area contributed by atoms with Gasteiger partial charge in [0.15, 0.2) is 0 Å².